The number of pyridine rings is 1. The molecule has 0 saturated carbocycles. The molecule has 2 aromatic rings. The molecule has 1 saturated heterocycles. The van der Waals surface area contributed by atoms with Crippen molar-refractivity contribution in [1.29, 1.82) is 0 Å². The van der Waals surface area contributed by atoms with Crippen molar-refractivity contribution < 1.29 is 23.1 Å². The molecule has 5 nitrogen and oxygen atoms in total. The Kier molecular flexibility index (Phi) is 4.73. The number of likely N-dealkylation sites (tertiary alicyclic amines) is 1. The molecule has 0 aromatic carbocycles. The first-order chi connectivity index (χ1) is 11.8. The molecular formula is C17H20F3N3O2. The van der Waals surface area contributed by atoms with E-state index in [4.69, 9.17) is 0 Å². The summed E-state index contributed by atoms with van der Waals surface area (Å²) in [6, 6.07) is 2.14. The maximum absolute atomic E-state index is 13.0. The van der Waals surface area contributed by atoms with Crippen molar-refractivity contribution >= 4 is 11.6 Å². The first-order valence-electron chi connectivity index (χ1n) is 8.30. The Morgan fingerprint density at radius 2 is 2.12 bits per heavy atom. The van der Waals surface area contributed by atoms with Gasteiger partial charge >= 0.3 is 6.18 Å². The van der Waals surface area contributed by atoms with Crippen molar-refractivity contribution in [2.24, 2.45) is 0 Å². The molecule has 3 heterocycles. The third kappa shape index (κ3) is 3.35. The zero-order chi connectivity index (χ0) is 18.2. The first-order valence-corrected chi connectivity index (χ1v) is 8.30. The highest BCUT2D eigenvalue weighted by molar-refractivity contribution is 5.95. The predicted octanol–water partition coefficient (Wildman–Crippen LogP) is 3.04. The summed E-state index contributed by atoms with van der Waals surface area (Å²) in [6.07, 6.45) is -0.494. The number of fused-ring (bicyclic) bond motifs is 1. The molecule has 0 aliphatic carbocycles. The second-order valence-electron chi connectivity index (χ2n) is 6.35. The number of hydrogen-bond acceptors (Lipinski definition) is 3. The van der Waals surface area contributed by atoms with Crippen LogP contribution in [0.1, 0.15) is 47.4 Å². The molecule has 136 valence electrons. The number of aryl methyl sites for hydroxylation is 1. The second-order valence-corrected chi connectivity index (χ2v) is 6.35. The minimum atomic E-state index is -4.49. The predicted molar refractivity (Wildman–Crippen MR) is 85.3 cm³/mol. The van der Waals surface area contributed by atoms with Crippen LogP contribution in [0.3, 0.4) is 0 Å². The summed E-state index contributed by atoms with van der Waals surface area (Å²) >= 11 is 0. The minimum absolute atomic E-state index is 0.0290. The molecule has 1 unspecified atom stereocenters. The minimum Gasteiger partial charge on any atom is -0.396 e. The zero-order valence-electron chi connectivity index (χ0n) is 13.9. The van der Waals surface area contributed by atoms with E-state index in [-0.39, 0.29) is 24.2 Å². The molecule has 1 aliphatic heterocycles. The number of aromatic nitrogens is 2. The van der Waals surface area contributed by atoms with Gasteiger partial charge in [0.2, 0.25) is 0 Å². The van der Waals surface area contributed by atoms with Gasteiger partial charge in [-0.05, 0) is 44.7 Å². The van der Waals surface area contributed by atoms with E-state index in [0.717, 1.165) is 31.5 Å². The van der Waals surface area contributed by atoms with Crippen LogP contribution < -0.4 is 0 Å². The van der Waals surface area contributed by atoms with Crippen LogP contribution in [0.25, 0.3) is 5.65 Å². The normalized spacial score (nSPS) is 18.8. The third-order valence-corrected chi connectivity index (χ3v) is 4.67. The lowest BCUT2D eigenvalue weighted by molar-refractivity contribution is -0.137. The van der Waals surface area contributed by atoms with Gasteiger partial charge < -0.3 is 10.0 Å². The Bertz CT molecular complexity index is 783. The lowest BCUT2D eigenvalue weighted by Crippen LogP contribution is -2.44. The highest BCUT2D eigenvalue weighted by atomic mass is 19.4. The van der Waals surface area contributed by atoms with Crippen molar-refractivity contribution in [1.82, 2.24) is 14.3 Å². The molecule has 1 aliphatic rings. The first kappa shape index (κ1) is 17.7. The van der Waals surface area contributed by atoms with Gasteiger partial charge in [0.25, 0.3) is 5.91 Å². The number of nitrogens with zero attached hydrogens (tertiary/aromatic N) is 3. The number of carbonyl (C=O) groups excluding carboxylic acids is 1. The van der Waals surface area contributed by atoms with Crippen molar-refractivity contribution in [2.45, 2.75) is 44.8 Å². The van der Waals surface area contributed by atoms with Gasteiger partial charge in [0, 0.05) is 25.4 Å². The van der Waals surface area contributed by atoms with E-state index >= 15 is 0 Å². The second kappa shape index (κ2) is 6.67. The zero-order valence-corrected chi connectivity index (χ0v) is 13.9. The van der Waals surface area contributed by atoms with E-state index in [2.05, 4.69) is 4.98 Å². The summed E-state index contributed by atoms with van der Waals surface area (Å²) in [5.74, 6) is -0.331. The molecule has 8 heteroatoms. The number of rotatable bonds is 3. The number of alkyl halides is 3. The highest BCUT2D eigenvalue weighted by Crippen LogP contribution is 2.30. The molecule has 3 rings (SSSR count). The molecule has 1 atom stereocenters. The van der Waals surface area contributed by atoms with Crippen LogP contribution in [0.5, 0.6) is 0 Å². The third-order valence-electron chi connectivity index (χ3n) is 4.67. The standard InChI is InChI=1S/C17H20F3N3O2/c1-11-15(16(25)22-8-3-2-4-13(22)7-9-24)23-10-12(17(18,19)20)5-6-14(23)21-11/h5-6,10,13,24H,2-4,7-9H2,1H3. The van der Waals surface area contributed by atoms with E-state index < -0.39 is 11.7 Å². The average Bonchev–Trinajstić information content (AvgIpc) is 2.89. The average molecular weight is 355 g/mol. The van der Waals surface area contributed by atoms with E-state index in [9.17, 15) is 23.1 Å². The summed E-state index contributed by atoms with van der Waals surface area (Å²) in [5, 5.41) is 9.22. The molecular weight excluding hydrogens is 335 g/mol. The quantitative estimate of drug-likeness (QED) is 0.921. The Labute approximate surface area is 143 Å². The summed E-state index contributed by atoms with van der Waals surface area (Å²) in [5.41, 5.74) is 0.0464. The highest BCUT2D eigenvalue weighted by Gasteiger charge is 2.33. The van der Waals surface area contributed by atoms with Crippen molar-refractivity contribution in [2.75, 3.05) is 13.2 Å². The number of piperidine rings is 1. The van der Waals surface area contributed by atoms with Gasteiger partial charge in [-0.15, -0.1) is 0 Å². The van der Waals surface area contributed by atoms with Gasteiger partial charge in [-0.25, -0.2) is 4.98 Å². The van der Waals surface area contributed by atoms with E-state index in [0.29, 0.717) is 24.3 Å². The van der Waals surface area contributed by atoms with Crippen LogP contribution in [0.2, 0.25) is 0 Å². The summed E-state index contributed by atoms with van der Waals surface area (Å²) in [7, 11) is 0. The SMILES string of the molecule is Cc1nc2ccc(C(F)(F)F)cn2c1C(=O)N1CCCCC1CCO. The van der Waals surface area contributed by atoms with Crippen molar-refractivity contribution in [3.8, 4) is 0 Å². The van der Waals surface area contributed by atoms with Crippen molar-refractivity contribution in [3.05, 3.63) is 35.3 Å². The topological polar surface area (TPSA) is 57.8 Å². The van der Waals surface area contributed by atoms with Crippen LogP contribution in [0.15, 0.2) is 18.3 Å². The summed E-state index contributed by atoms with van der Waals surface area (Å²) in [6.45, 7) is 2.13. The molecule has 1 fully saturated rings. The number of halogens is 3. The van der Waals surface area contributed by atoms with E-state index in [1.165, 1.54) is 10.5 Å². The lowest BCUT2D eigenvalue weighted by atomic mass is 9.99. The van der Waals surface area contributed by atoms with Crippen LogP contribution in [-0.2, 0) is 6.18 Å². The van der Waals surface area contributed by atoms with Crippen LogP contribution in [0.4, 0.5) is 13.2 Å². The number of imidazole rings is 1. The van der Waals surface area contributed by atoms with Gasteiger partial charge in [-0.1, -0.05) is 0 Å². The number of carbonyl (C=O) groups is 1. The summed E-state index contributed by atoms with van der Waals surface area (Å²) < 4.78 is 40.3. The Balaban J connectivity index is 2.04. The fourth-order valence-electron chi connectivity index (χ4n) is 3.44. The molecule has 0 spiro atoms. The van der Waals surface area contributed by atoms with Gasteiger partial charge in [-0.3, -0.25) is 9.20 Å². The smallest absolute Gasteiger partial charge is 0.396 e. The maximum atomic E-state index is 13.0. The molecule has 2 aromatic heterocycles. The lowest BCUT2D eigenvalue weighted by Gasteiger charge is -2.35. The van der Waals surface area contributed by atoms with Crippen LogP contribution >= 0.6 is 0 Å². The fourth-order valence-corrected chi connectivity index (χ4v) is 3.44. The molecule has 0 radical (unpaired) electrons. The number of aliphatic hydroxyl groups is 1. The number of aliphatic hydroxyl groups excluding tert-OH is 1. The number of hydrogen-bond donors (Lipinski definition) is 1. The maximum Gasteiger partial charge on any atom is 0.417 e. The van der Waals surface area contributed by atoms with Crippen LogP contribution in [-0.4, -0.2) is 44.5 Å². The fraction of sp³-hybridized carbons (Fsp3) is 0.529. The molecule has 0 bridgehead atoms. The van der Waals surface area contributed by atoms with Gasteiger partial charge in [-0.2, -0.15) is 13.2 Å². The Morgan fingerprint density at radius 1 is 1.36 bits per heavy atom. The summed E-state index contributed by atoms with van der Waals surface area (Å²) in [4.78, 5) is 18.9. The molecule has 1 N–H and O–H groups in total. The molecule has 25 heavy (non-hydrogen) atoms. The Morgan fingerprint density at radius 3 is 2.80 bits per heavy atom. The molecule has 1 amide bonds. The largest absolute Gasteiger partial charge is 0.417 e. The van der Waals surface area contributed by atoms with Gasteiger partial charge in [0.1, 0.15) is 11.3 Å². The van der Waals surface area contributed by atoms with Gasteiger partial charge in [0.15, 0.2) is 0 Å². The number of amides is 1. The van der Waals surface area contributed by atoms with E-state index in [1.807, 2.05) is 0 Å². The Hall–Kier alpha value is -2.09. The monoisotopic (exact) mass is 355 g/mol. The van der Waals surface area contributed by atoms with Crippen LogP contribution in [0, 0.1) is 6.92 Å². The van der Waals surface area contributed by atoms with Crippen molar-refractivity contribution in [3.63, 3.8) is 0 Å². The van der Waals surface area contributed by atoms with Gasteiger partial charge in [0.05, 0.1) is 11.3 Å². The van der Waals surface area contributed by atoms with E-state index in [1.54, 1.807) is 11.8 Å².